The Kier molecular flexibility index (Phi) is 9.18. The van der Waals surface area contributed by atoms with Gasteiger partial charge in [0.1, 0.15) is 18.4 Å². The molecular formula is C22H31N3O5. The first-order valence-corrected chi connectivity index (χ1v) is 10.2. The lowest BCUT2D eigenvalue weighted by Gasteiger charge is -2.34. The van der Waals surface area contributed by atoms with Crippen molar-refractivity contribution in [2.24, 2.45) is 0 Å². The fourth-order valence-corrected chi connectivity index (χ4v) is 2.98. The molecule has 0 radical (unpaired) electrons. The van der Waals surface area contributed by atoms with E-state index in [4.69, 9.17) is 9.47 Å². The van der Waals surface area contributed by atoms with Crippen LogP contribution < -0.4 is 15.4 Å². The number of hydrogen-bond acceptors (Lipinski definition) is 6. The summed E-state index contributed by atoms with van der Waals surface area (Å²) in [6.07, 6.45) is 1.52. The van der Waals surface area contributed by atoms with Gasteiger partial charge in [-0.3, -0.25) is 14.4 Å². The van der Waals surface area contributed by atoms with Crippen LogP contribution in [0.1, 0.15) is 33.1 Å². The zero-order valence-electron chi connectivity index (χ0n) is 17.7. The van der Waals surface area contributed by atoms with Crippen LogP contribution >= 0.6 is 0 Å². The monoisotopic (exact) mass is 417 g/mol. The largest absolute Gasteiger partial charge is 0.487 e. The highest BCUT2D eigenvalue weighted by Crippen LogP contribution is 2.24. The van der Waals surface area contributed by atoms with Crippen molar-refractivity contribution in [2.75, 3.05) is 38.2 Å². The number of piperazine rings is 1. The number of anilines is 1. The van der Waals surface area contributed by atoms with Gasteiger partial charge < -0.3 is 25.0 Å². The minimum atomic E-state index is -0.864. The zero-order chi connectivity index (χ0) is 21.9. The van der Waals surface area contributed by atoms with Crippen molar-refractivity contribution in [2.45, 2.75) is 39.2 Å². The molecule has 0 saturated carbocycles. The predicted molar refractivity (Wildman–Crippen MR) is 114 cm³/mol. The minimum absolute atomic E-state index is 0.0257. The summed E-state index contributed by atoms with van der Waals surface area (Å²) in [5.41, 5.74) is 1.55. The molecule has 1 aromatic rings. The highest BCUT2D eigenvalue weighted by Gasteiger charge is 2.35. The predicted octanol–water partition coefficient (Wildman–Crippen LogP) is 2.11. The van der Waals surface area contributed by atoms with E-state index in [2.05, 4.69) is 17.2 Å². The maximum atomic E-state index is 12.8. The number of para-hydroxylation sites is 2. The van der Waals surface area contributed by atoms with Crippen LogP contribution in [0.25, 0.3) is 0 Å². The van der Waals surface area contributed by atoms with Gasteiger partial charge in [-0.15, -0.1) is 0 Å². The lowest BCUT2D eigenvalue weighted by atomic mass is 10.1. The number of unbranched alkanes of at least 4 members (excludes halogenated alkanes) is 1. The van der Waals surface area contributed by atoms with Crippen LogP contribution in [0, 0.1) is 0 Å². The highest BCUT2D eigenvalue weighted by molar-refractivity contribution is 5.93. The Morgan fingerprint density at radius 2 is 2.10 bits per heavy atom. The summed E-state index contributed by atoms with van der Waals surface area (Å²) in [6, 6.07) is 6.43. The van der Waals surface area contributed by atoms with Crippen LogP contribution in [0.15, 0.2) is 36.4 Å². The molecule has 8 heteroatoms. The summed E-state index contributed by atoms with van der Waals surface area (Å²) in [7, 11) is 0. The van der Waals surface area contributed by atoms with Gasteiger partial charge in [0.05, 0.1) is 25.3 Å². The van der Waals surface area contributed by atoms with E-state index in [0.717, 1.165) is 18.4 Å². The molecule has 2 amide bonds. The average molecular weight is 418 g/mol. The molecule has 0 aliphatic carbocycles. The maximum absolute atomic E-state index is 12.8. The minimum Gasteiger partial charge on any atom is -0.487 e. The summed E-state index contributed by atoms with van der Waals surface area (Å²) in [5, 5.41) is 5.78. The first-order chi connectivity index (χ1) is 14.4. The Hall–Kier alpha value is -3.03. The smallest absolute Gasteiger partial charge is 0.308 e. The number of carbonyl (C=O) groups excluding carboxylic acids is 3. The molecule has 1 aliphatic heterocycles. The number of esters is 1. The summed E-state index contributed by atoms with van der Waals surface area (Å²) in [4.78, 5) is 38.6. The molecule has 1 aromatic carbocycles. The Morgan fingerprint density at radius 1 is 1.33 bits per heavy atom. The van der Waals surface area contributed by atoms with Crippen molar-refractivity contribution in [3.63, 3.8) is 0 Å². The standard InChI is InChI=1S/C22H31N3O5/c1-4-5-12-29-21(27)13-18-22(28)23-10-11-25(18)20(26)14-24-17-8-6-7-9-19(17)30-15-16(2)3/h6-9,18,24H,2,4-5,10-15H2,1,3H3,(H,23,28). The van der Waals surface area contributed by atoms with Gasteiger partial charge in [0.25, 0.3) is 0 Å². The molecule has 1 unspecified atom stereocenters. The van der Waals surface area contributed by atoms with Gasteiger partial charge in [0.15, 0.2) is 0 Å². The quantitative estimate of drug-likeness (QED) is 0.325. The Morgan fingerprint density at radius 3 is 2.83 bits per heavy atom. The lowest BCUT2D eigenvalue weighted by Crippen LogP contribution is -2.58. The van der Waals surface area contributed by atoms with Crippen molar-refractivity contribution in [1.29, 1.82) is 0 Å². The molecule has 1 fully saturated rings. The molecule has 2 rings (SSSR count). The summed E-state index contributed by atoms with van der Waals surface area (Å²) in [6.45, 7) is 9.04. The molecule has 164 valence electrons. The number of hydrogen-bond donors (Lipinski definition) is 2. The molecule has 0 spiro atoms. The fraction of sp³-hybridized carbons (Fsp3) is 0.500. The van der Waals surface area contributed by atoms with Gasteiger partial charge in [-0.1, -0.05) is 32.1 Å². The third kappa shape index (κ3) is 7.09. The van der Waals surface area contributed by atoms with E-state index in [9.17, 15) is 14.4 Å². The average Bonchev–Trinajstić information content (AvgIpc) is 2.72. The number of carbonyl (C=O) groups is 3. The van der Waals surface area contributed by atoms with Crippen LogP contribution in [0.5, 0.6) is 5.75 Å². The molecule has 2 N–H and O–H groups in total. The third-order valence-electron chi connectivity index (χ3n) is 4.56. The van der Waals surface area contributed by atoms with Crippen LogP contribution in [0.2, 0.25) is 0 Å². The second-order valence-electron chi connectivity index (χ2n) is 7.27. The van der Waals surface area contributed by atoms with Gasteiger partial charge in [-0.05, 0) is 31.1 Å². The number of amides is 2. The van der Waals surface area contributed by atoms with E-state index < -0.39 is 12.0 Å². The van der Waals surface area contributed by atoms with E-state index in [1.165, 1.54) is 4.90 Å². The van der Waals surface area contributed by atoms with Crippen molar-refractivity contribution in [3.8, 4) is 5.75 Å². The fourth-order valence-electron chi connectivity index (χ4n) is 2.98. The van der Waals surface area contributed by atoms with Crippen LogP contribution in [0.4, 0.5) is 5.69 Å². The normalized spacial score (nSPS) is 15.9. The van der Waals surface area contributed by atoms with Crippen LogP contribution in [0.3, 0.4) is 0 Å². The maximum Gasteiger partial charge on any atom is 0.308 e. The molecular weight excluding hydrogens is 386 g/mol. The lowest BCUT2D eigenvalue weighted by molar-refractivity contribution is -0.151. The van der Waals surface area contributed by atoms with E-state index >= 15 is 0 Å². The van der Waals surface area contributed by atoms with Gasteiger partial charge in [0, 0.05) is 13.1 Å². The SMILES string of the molecule is C=C(C)COc1ccccc1NCC(=O)N1CCNC(=O)C1CC(=O)OCCCC. The second-order valence-corrected chi connectivity index (χ2v) is 7.27. The first-order valence-electron chi connectivity index (χ1n) is 10.2. The van der Waals surface area contributed by atoms with Gasteiger partial charge in [-0.25, -0.2) is 0 Å². The highest BCUT2D eigenvalue weighted by atomic mass is 16.5. The molecule has 1 aliphatic rings. The number of nitrogens with one attached hydrogen (secondary N) is 2. The van der Waals surface area contributed by atoms with Crippen molar-refractivity contribution in [1.82, 2.24) is 10.2 Å². The summed E-state index contributed by atoms with van der Waals surface area (Å²) < 4.78 is 10.9. The van der Waals surface area contributed by atoms with E-state index in [1.54, 1.807) is 6.07 Å². The molecule has 0 bridgehead atoms. The molecule has 30 heavy (non-hydrogen) atoms. The van der Waals surface area contributed by atoms with Gasteiger partial charge in [-0.2, -0.15) is 0 Å². The van der Waals surface area contributed by atoms with Crippen LogP contribution in [-0.4, -0.2) is 61.6 Å². The Bertz CT molecular complexity index is 765. The van der Waals surface area contributed by atoms with E-state index in [0.29, 0.717) is 37.7 Å². The Balaban J connectivity index is 1.98. The third-order valence-corrected chi connectivity index (χ3v) is 4.56. The van der Waals surface area contributed by atoms with E-state index in [-0.39, 0.29) is 24.8 Å². The zero-order valence-corrected chi connectivity index (χ0v) is 17.7. The van der Waals surface area contributed by atoms with Gasteiger partial charge in [0.2, 0.25) is 11.8 Å². The molecule has 1 heterocycles. The van der Waals surface area contributed by atoms with Crippen LogP contribution in [-0.2, 0) is 19.1 Å². The molecule has 0 aromatic heterocycles. The number of nitrogens with zero attached hydrogens (tertiary/aromatic N) is 1. The number of benzene rings is 1. The van der Waals surface area contributed by atoms with E-state index in [1.807, 2.05) is 32.0 Å². The van der Waals surface area contributed by atoms with Crippen molar-refractivity contribution >= 4 is 23.5 Å². The van der Waals surface area contributed by atoms with Crippen molar-refractivity contribution in [3.05, 3.63) is 36.4 Å². The second kappa shape index (κ2) is 11.8. The number of rotatable bonds is 11. The first kappa shape index (κ1) is 23.3. The topological polar surface area (TPSA) is 97.0 Å². The summed E-state index contributed by atoms with van der Waals surface area (Å²) in [5.74, 6) is -0.478. The van der Waals surface area contributed by atoms with Crippen molar-refractivity contribution < 1.29 is 23.9 Å². The molecule has 8 nitrogen and oxygen atoms in total. The molecule has 1 saturated heterocycles. The summed E-state index contributed by atoms with van der Waals surface area (Å²) >= 11 is 0. The van der Waals surface area contributed by atoms with Gasteiger partial charge >= 0.3 is 5.97 Å². The molecule has 1 atom stereocenters. The Labute approximate surface area is 177 Å². The number of ether oxygens (including phenoxy) is 2.